The van der Waals surface area contributed by atoms with Crippen molar-refractivity contribution in [1.82, 2.24) is 15.2 Å². The van der Waals surface area contributed by atoms with Crippen LogP contribution in [0, 0.1) is 0 Å². The molecule has 1 N–H and O–H groups in total. The molecule has 7 heteroatoms. The molecule has 1 unspecified atom stereocenters. The largest absolute Gasteiger partial charge is 0.348 e. The highest BCUT2D eigenvalue weighted by Crippen LogP contribution is 2.31. The summed E-state index contributed by atoms with van der Waals surface area (Å²) >= 11 is 0. The van der Waals surface area contributed by atoms with Crippen molar-refractivity contribution in [3.63, 3.8) is 0 Å². The Morgan fingerprint density at radius 2 is 2.00 bits per heavy atom. The molecule has 0 aromatic carbocycles. The lowest BCUT2D eigenvalue weighted by Gasteiger charge is -2.37. The molecule has 0 bridgehead atoms. The van der Waals surface area contributed by atoms with Crippen molar-refractivity contribution in [3.05, 3.63) is 29.6 Å². The molecule has 2 saturated heterocycles. The van der Waals surface area contributed by atoms with E-state index in [0.717, 1.165) is 6.42 Å². The second kappa shape index (κ2) is 7.49. The first-order valence-electron chi connectivity index (χ1n) is 8.87. The van der Waals surface area contributed by atoms with Gasteiger partial charge in [-0.15, -0.1) is 0 Å². The monoisotopic (exact) mass is 347 g/mol. The summed E-state index contributed by atoms with van der Waals surface area (Å²) in [5, 5.41) is 2.87. The number of likely N-dealkylation sites (tertiary alicyclic amines) is 1. The van der Waals surface area contributed by atoms with Crippen molar-refractivity contribution >= 4 is 11.8 Å². The van der Waals surface area contributed by atoms with Gasteiger partial charge in [-0.3, -0.25) is 14.6 Å². The van der Waals surface area contributed by atoms with E-state index in [-0.39, 0.29) is 23.6 Å². The summed E-state index contributed by atoms with van der Waals surface area (Å²) in [4.78, 5) is 30.8. The molecule has 1 atom stereocenters. The summed E-state index contributed by atoms with van der Waals surface area (Å²) in [5.74, 6) is -0.849. The minimum absolute atomic E-state index is 0.0679. The predicted octanol–water partition coefficient (Wildman–Crippen LogP) is 1.59. The molecule has 2 amide bonds. The Morgan fingerprint density at radius 1 is 1.32 bits per heavy atom. The molecule has 2 aliphatic heterocycles. The van der Waals surface area contributed by atoms with Crippen LogP contribution in [0.2, 0.25) is 0 Å². The van der Waals surface area contributed by atoms with Crippen LogP contribution in [0.3, 0.4) is 0 Å². The lowest BCUT2D eigenvalue weighted by molar-refractivity contribution is -0.181. The topological polar surface area (TPSA) is 80.8 Å². The molecule has 0 aliphatic carbocycles. The number of hydrogen-bond donors (Lipinski definition) is 1. The van der Waals surface area contributed by atoms with Crippen molar-refractivity contribution in [2.24, 2.45) is 0 Å². The third kappa shape index (κ3) is 3.99. The quantitative estimate of drug-likeness (QED) is 0.894. The van der Waals surface area contributed by atoms with Gasteiger partial charge in [0.1, 0.15) is 5.69 Å². The Kier molecular flexibility index (Phi) is 5.34. The SMILES string of the molecule is CCC(C)NC(=O)c1cc(C(=O)N2CCC3(CC2)OCCO3)ccn1. The zero-order valence-electron chi connectivity index (χ0n) is 14.8. The zero-order valence-corrected chi connectivity index (χ0v) is 14.8. The maximum Gasteiger partial charge on any atom is 0.270 e. The number of rotatable bonds is 4. The standard InChI is InChI=1S/C18H25N3O4/c1-3-13(2)20-16(22)15-12-14(4-7-19-15)17(23)21-8-5-18(6-9-21)24-10-11-25-18/h4,7,12-13H,3,5-6,8-11H2,1-2H3,(H,20,22). The average molecular weight is 347 g/mol. The van der Waals surface area contributed by atoms with Crippen molar-refractivity contribution in [2.75, 3.05) is 26.3 Å². The predicted molar refractivity (Wildman–Crippen MR) is 91.2 cm³/mol. The number of ether oxygens (including phenoxy) is 2. The normalized spacial score (nSPS) is 20.5. The summed E-state index contributed by atoms with van der Waals surface area (Å²) < 4.78 is 11.4. The van der Waals surface area contributed by atoms with Crippen molar-refractivity contribution in [3.8, 4) is 0 Å². The van der Waals surface area contributed by atoms with Crippen LogP contribution in [0.4, 0.5) is 0 Å². The molecule has 2 aliphatic rings. The number of hydrogen-bond acceptors (Lipinski definition) is 5. The van der Waals surface area contributed by atoms with E-state index in [2.05, 4.69) is 10.3 Å². The lowest BCUT2D eigenvalue weighted by atomic mass is 10.0. The Balaban J connectivity index is 1.64. The van der Waals surface area contributed by atoms with E-state index in [4.69, 9.17) is 9.47 Å². The van der Waals surface area contributed by atoms with Crippen LogP contribution in [0.25, 0.3) is 0 Å². The fourth-order valence-corrected chi connectivity index (χ4v) is 3.11. The molecule has 3 heterocycles. The van der Waals surface area contributed by atoms with Crippen molar-refractivity contribution in [2.45, 2.75) is 44.9 Å². The third-order valence-electron chi connectivity index (χ3n) is 4.86. The maximum atomic E-state index is 12.7. The van der Waals surface area contributed by atoms with Crippen molar-refractivity contribution < 1.29 is 19.1 Å². The van der Waals surface area contributed by atoms with Gasteiger partial charge in [0.25, 0.3) is 11.8 Å². The molecule has 1 aromatic rings. The van der Waals surface area contributed by atoms with Gasteiger partial charge in [0.05, 0.1) is 13.2 Å². The van der Waals surface area contributed by atoms with Crippen LogP contribution in [0.5, 0.6) is 0 Å². The molecule has 1 aromatic heterocycles. The second-order valence-corrected chi connectivity index (χ2v) is 6.61. The van der Waals surface area contributed by atoms with E-state index >= 15 is 0 Å². The molecule has 1 spiro atoms. The number of nitrogens with one attached hydrogen (secondary N) is 1. The van der Waals surface area contributed by atoms with Gasteiger partial charge in [-0.25, -0.2) is 0 Å². The van der Waals surface area contributed by atoms with Crippen LogP contribution < -0.4 is 5.32 Å². The maximum absolute atomic E-state index is 12.7. The lowest BCUT2D eigenvalue weighted by Crippen LogP contribution is -2.47. The number of carbonyl (C=O) groups is 2. The molecule has 136 valence electrons. The smallest absolute Gasteiger partial charge is 0.270 e. The van der Waals surface area contributed by atoms with Crippen LogP contribution >= 0.6 is 0 Å². The Labute approximate surface area is 147 Å². The summed E-state index contributed by atoms with van der Waals surface area (Å²) in [5.41, 5.74) is 0.746. The highest BCUT2D eigenvalue weighted by atomic mass is 16.7. The number of carbonyl (C=O) groups excluding carboxylic acids is 2. The molecule has 0 saturated carbocycles. The van der Waals surface area contributed by atoms with Gasteiger partial charge < -0.3 is 19.7 Å². The third-order valence-corrected chi connectivity index (χ3v) is 4.86. The van der Waals surface area contributed by atoms with Gasteiger partial charge in [-0.1, -0.05) is 6.92 Å². The Morgan fingerprint density at radius 3 is 2.64 bits per heavy atom. The summed E-state index contributed by atoms with van der Waals surface area (Å²) in [6, 6.07) is 3.28. The van der Waals surface area contributed by atoms with Gasteiger partial charge >= 0.3 is 0 Å². The minimum atomic E-state index is -0.504. The van der Waals surface area contributed by atoms with Crippen LogP contribution in [0.1, 0.15) is 54.0 Å². The number of piperidine rings is 1. The number of nitrogens with zero attached hydrogens (tertiary/aromatic N) is 2. The van der Waals surface area contributed by atoms with Gasteiger partial charge in [-0.2, -0.15) is 0 Å². The zero-order chi connectivity index (χ0) is 17.9. The van der Waals surface area contributed by atoms with Gasteiger partial charge in [0, 0.05) is 43.7 Å². The Hall–Kier alpha value is -1.99. The van der Waals surface area contributed by atoms with Crippen LogP contribution in [-0.4, -0.2) is 59.8 Å². The van der Waals surface area contributed by atoms with Crippen molar-refractivity contribution in [1.29, 1.82) is 0 Å². The van der Waals surface area contributed by atoms with Gasteiger partial charge in [-0.05, 0) is 25.5 Å². The van der Waals surface area contributed by atoms with E-state index in [1.54, 1.807) is 17.0 Å². The molecular weight excluding hydrogens is 322 g/mol. The molecule has 7 nitrogen and oxygen atoms in total. The highest BCUT2D eigenvalue weighted by molar-refractivity contribution is 5.98. The second-order valence-electron chi connectivity index (χ2n) is 6.61. The van der Waals surface area contributed by atoms with E-state index < -0.39 is 5.79 Å². The molecule has 2 fully saturated rings. The Bertz CT molecular complexity index is 633. The first-order valence-corrected chi connectivity index (χ1v) is 8.87. The average Bonchev–Trinajstić information content (AvgIpc) is 3.09. The molecular formula is C18H25N3O4. The van der Waals surface area contributed by atoms with E-state index in [9.17, 15) is 9.59 Å². The molecule has 3 rings (SSSR count). The molecule has 25 heavy (non-hydrogen) atoms. The van der Waals surface area contributed by atoms with Crippen LogP contribution in [0.15, 0.2) is 18.3 Å². The van der Waals surface area contributed by atoms with Gasteiger partial charge in [0.2, 0.25) is 0 Å². The fourth-order valence-electron chi connectivity index (χ4n) is 3.11. The number of amides is 2. The van der Waals surface area contributed by atoms with E-state index in [1.165, 1.54) is 6.20 Å². The number of pyridine rings is 1. The highest BCUT2D eigenvalue weighted by Gasteiger charge is 2.40. The van der Waals surface area contributed by atoms with Crippen LogP contribution in [-0.2, 0) is 9.47 Å². The first-order chi connectivity index (χ1) is 12.0. The van der Waals surface area contributed by atoms with E-state index in [1.807, 2.05) is 13.8 Å². The summed E-state index contributed by atoms with van der Waals surface area (Å²) in [6.45, 7) is 6.33. The summed E-state index contributed by atoms with van der Waals surface area (Å²) in [6.07, 6.45) is 3.69. The first kappa shape index (κ1) is 17.8. The number of aromatic nitrogens is 1. The summed E-state index contributed by atoms with van der Waals surface area (Å²) in [7, 11) is 0. The van der Waals surface area contributed by atoms with E-state index in [0.29, 0.717) is 44.7 Å². The fraction of sp³-hybridized carbons (Fsp3) is 0.611. The minimum Gasteiger partial charge on any atom is -0.348 e. The van der Waals surface area contributed by atoms with Gasteiger partial charge in [0.15, 0.2) is 5.79 Å². The molecule has 0 radical (unpaired) electrons.